The Balaban J connectivity index is 0.000000619. The molecule has 0 unspecified atom stereocenters. The molecule has 0 radical (unpaired) electrons. The Labute approximate surface area is 254 Å². The third-order valence-electron chi connectivity index (χ3n) is 6.12. The Morgan fingerprint density at radius 1 is 0.860 bits per heavy atom. The third-order valence-corrected chi connectivity index (χ3v) is 6.12. The van der Waals surface area contributed by atoms with Gasteiger partial charge in [0.2, 0.25) is 11.8 Å². The largest absolute Gasteiger partial charge is 0.445 e. The van der Waals surface area contributed by atoms with Crippen LogP contribution in [0.25, 0.3) is 10.9 Å². The van der Waals surface area contributed by atoms with Crippen LogP contribution in [0.3, 0.4) is 0 Å². The lowest BCUT2D eigenvalue weighted by atomic mass is 10.1. The van der Waals surface area contributed by atoms with Gasteiger partial charge < -0.3 is 20.7 Å². The highest BCUT2D eigenvalue weighted by Crippen LogP contribution is 2.21. The first-order valence-corrected chi connectivity index (χ1v) is 14.7. The minimum absolute atomic E-state index is 0.0136. The number of para-hydroxylation sites is 1. The zero-order valence-electron chi connectivity index (χ0n) is 25.5. The number of fused-ring (bicyclic) bond motifs is 1. The smallest absolute Gasteiger partial charge is 0.408 e. The Hall–Kier alpha value is -4.79. The van der Waals surface area contributed by atoms with E-state index in [1.165, 1.54) is 5.56 Å². The molecule has 0 aliphatic rings. The van der Waals surface area contributed by atoms with Crippen LogP contribution in [-0.2, 0) is 20.9 Å². The molecule has 4 aromatic rings. The molecule has 2 aromatic heterocycles. The zero-order valence-corrected chi connectivity index (χ0v) is 25.5. The summed E-state index contributed by atoms with van der Waals surface area (Å²) in [6.07, 6.45) is 6.72. The number of unbranched alkanes of at least 4 members (excludes halogenated alkanes) is 1. The number of aromatic nitrogens is 2. The molecule has 0 spiro atoms. The number of hydrogen-bond donors (Lipinski definition) is 3. The number of pyridine rings is 2. The van der Waals surface area contributed by atoms with Gasteiger partial charge in [0.15, 0.2) is 0 Å². The number of aryl methyl sites for hydroxylation is 1. The van der Waals surface area contributed by atoms with Crippen molar-refractivity contribution in [3.8, 4) is 0 Å². The van der Waals surface area contributed by atoms with Crippen LogP contribution >= 0.6 is 0 Å². The quantitative estimate of drug-likeness (QED) is 0.171. The molecule has 0 fully saturated rings. The average Bonchev–Trinajstić information content (AvgIpc) is 3.05. The van der Waals surface area contributed by atoms with Gasteiger partial charge in [0.25, 0.3) is 0 Å². The van der Waals surface area contributed by atoms with Gasteiger partial charge >= 0.3 is 6.09 Å². The van der Waals surface area contributed by atoms with Gasteiger partial charge in [0.1, 0.15) is 12.6 Å². The van der Waals surface area contributed by atoms with E-state index < -0.39 is 12.1 Å². The summed E-state index contributed by atoms with van der Waals surface area (Å²) >= 11 is 0. The number of alkyl carbamates (subject to hydrolysis) is 1. The fourth-order valence-corrected chi connectivity index (χ4v) is 3.85. The summed E-state index contributed by atoms with van der Waals surface area (Å²) in [5.41, 5.74) is 3.36. The lowest BCUT2D eigenvalue weighted by Crippen LogP contribution is -2.44. The van der Waals surface area contributed by atoms with Crippen LogP contribution in [0, 0.1) is 6.92 Å². The van der Waals surface area contributed by atoms with E-state index in [9.17, 15) is 14.4 Å². The molecule has 0 bridgehead atoms. The van der Waals surface area contributed by atoms with Crippen LogP contribution < -0.4 is 16.0 Å². The summed E-state index contributed by atoms with van der Waals surface area (Å²) < 4.78 is 5.30. The van der Waals surface area contributed by atoms with E-state index in [0.29, 0.717) is 43.4 Å². The van der Waals surface area contributed by atoms with E-state index in [-0.39, 0.29) is 18.4 Å². The molecule has 4 rings (SSSR count). The van der Waals surface area contributed by atoms with Gasteiger partial charge in [0.05, 0.1) is 11.2 Å². The van der Waals surface area contributed by atoms with E-state index in [0.717, 1.165) is 10.9 Å². The molecular formula is C34H43N5O4. The minimum atomic E-state index is -0.802. The molecule has 3 N–H and O–H groups in total. The number of amides is 3. The van der Waals surface area contributed by atoms with Crippen LogP contribution in [0.2, 0.25) is 0 Å². The lowest BCUT2D eigenvalue weighted by molar-refractivity contribution is -0.121. The number of carbonyl (C=O) groups excluding carboxylic acids is 3. The predicted octanol–water partition coefficient (Wildman–Crippen LogP) is 6.58. The summed E-state index contributed by atoms with van der Waals surface area (Å²) in [4.78, 5) is 45.2. The van der Waals surface area contributed by atoms with Crippen molar-refractivity contribution in [1.82, 2.24) is 20.6 Å². The van der Waals surface area contributed by atoms with Gasteiger partial charge in [-0.1, -0.05) is 69.3 Å². The van der Waals surface area contributed by atoms with Crippen LogP contribution in [0.5, 0.6) is 0 Å². The Morgan fingerprint density at radius 2 is 1.58 bits per heavy atom. The average molecular weight is 586 g/mol. The van der Waals surface area contributed by atoms with Crippen LogP contribution in [-0.4, -0.2) is 40.5 Å². The molecule has 0 saturated carbocycles. The second kappa shape index (κ2) is 20.1. The van der Waals surface area contributed by atoms with Crippen molar-refractivity contribution in [3.63, 3.8) is 0 Å². The minimum Gasteiger partial charge on any atom is -0.445 e. The van der Waals surface area contributed by atoms with E-state index in [1.807, 2.05) is 87.5 Å². The standard InChI is InChI=1S/C26H30N4O4.C6H7N.C2H6/c1-2-23(31)27-16-7-6-14-22(30-26(33)34-18-19-10-4-3-5-11-19)25(32)29-21-15-8-12-20-13-9-17-28-24(20)21;1-6-2-4-7-5-3-6;1-2/h3-5,8-13,15,17,22H,2,6-7,14,16,18H2,1H3,(H,27,31)(H,29,32)(H,30,33);2-5H,1H3;1-2H3/t22-;;/m0../s1. The molecule has 2 aromatic carbocycles. The first-order chi connectivity index (χ1) is 21.0. The van der Waals surface area contributed by atoms with Gasteiger partial charge in [0, 0.05) is 36.9 Å². The topological polar surface area (TPSA) is 122 Å². The number of carbonyl (C=O) groups is 3. The van der Waals surface area contributed by atoms with Crippen LogP contribution in [0.15, 0.2) is 91.4 Å². The summed E-state index contributed by atoms with van der Waals surface area (Å²) in [5, 5.41) is 9.29. The maximum atomic E-state index is 13.1. The molecular weight excluding hydrogens is 542 g/mol. The van der Waals surface area contributed by atoms with E-state index in [2.05, 4.69) is 25.9 Å². The highest BCUT2D eigenvalue weighted by atomic mass is 16.5. The Bertz CT molecular complexity index is 1380. The summed E-state index contributed by atoms with van der Waals surface area (Å²) in [6, 6.07) is 21.7. The molecule has 43 heavy (non-hydrogen) atoms. The van der Waals surface area contributed by atoms with Gasteiger partial charge in [-0.05, 0) is 61.6 Å². The molecule has 228 valence electrons. The van der Waals surface area contributed by atoms with Crippen molar-refractivity contribution >= 4 is 34.5 Å². The monoisotopic (exact) mass is 585 g/mol. The molecule has 0 aliphatic carbocycles. The lowest BCUT2D eigenvalue weighted by Gasteiger charge is -2.19. The number of hydrogen-bond acceptors (Lipinski definition) is 6. The molecule has 0 aliphatic heterocycles. The molecule has 1 atom stereocenters. The SMILES string of the molecule is CC.CCC(=O)NCCCC[C@H](NC(=O)OCc1ccccc1)C(=O)Nc1cccc2cccnc12.Cc1ccncc1. The maximum Gasteiger partial charge on any atom is 0.408 e. The number of rotatable bonds is 11. The second-order valence-corrected chi connectivity index (χ2v) is 9.35. The predicted molar refractivity (Wildman–Crippen MR) is 171 cm³/mol. The summed E-state index contributed by atoms with van der Waals surface area (Å²) in [7, 11) is 0. The van der Waals surface area contributed by atoms with Crippen LogP contribution in [0.1, 0.15) is 57.6 Å². The molecule has 9 nitrogen and oxygen atoms in total. The molecule has 0 saturated heterocycles. The van der Waals surface area contributed by atoms with Crippen molar-refractivity contribution < 1.29 is 19.1 Å². The van der Waals surface area contributed by atoms with E-state index in [1.54, 1.807) is 31.6 Å². The van der Waals surface area contributed by atoms with Gasteiger partial charge in [-0.2, -0.15) is 0 Å². The fraction of sp³-hybridized carbons (Fsp3) is 0.324. The summed E-state index contributed by atoms with van der Waals surface area (Å²) in [6.45, 7) is 8.47. The fourth-order valence-electron chi connectivity index (χ4n) is 3.85. The first-order valence-electron chi connectivity index (χ1n) is 14.7. The maximum absolute atomic E-state index is 13.1. The normalized spacial score (nSPS) is 10.6. The van der Waals surface area contributed by atoms with E-state index in [4.69, 9.17) is 4.74 Å². The number of nitrogens with zero attached hydrogens (tertiary/aromatic N) is 2. The first kappa shape index (κ1) is 34.4. The summed E-state index contributed by atoms with van der Waals surface area (Å²) in [5.74, 6) is -0.368. The van der Waals surface area contributed by atoms with Crippen molar-refractivity contribution in [2.75, 3.05) is 11.9 Å². The second-order valence-electron chi connectivity index (χ2n) is 9.35. The molecule has 2 heterocycles. The van der Waals surface area contributed by atoms with Gasteiger partial charge in [-0.3, -0.25) is 19.6 Å². The van der Waals surface area contributed by atoms with Crippen LogP contribution in [0.4, 0.5) is 10.5 Å². The highest BCUT2D eigenvalue weighted by Gasteiger charge is 2.22. The van der Waals surface area contributed by atoms with E-state index >= 15 is 0 Å². The van der Waals surface area contributed by atoms with Crippen molar-refractivity contribution in [1.29, 1.82) is 0 Å². The molecule has 3 amide bonds. The van der Waals surface area contributed by atoms with Gasteiger partial charge in [-0.15, -0.1) is 0 Å². The van der Waals surface area contributed by atoms with Crippen molar-refractivity contribution in [2.24, 2.45) is 0 Å². The third kappa shape index (κ3) is 13.2. The zero-order chi connectivity index (χ0) is 31.3. The number of benzene rings is 2. The van der Waals surface area contributed by atoms with Gasteiger partial charge in [-0.25, -0.2) is 4.79 Å². The highest BCUT2D eigenvalue weighted by molar-refractivity contribution is 6.03. The van der Waals surface area contributed by atoms with Crippen molar-refractivity contribution in [3.05, 3.63) is 103 Å². The Morgan fingerprint density at radius 3 is 2.26 bits per heavy atom. The number of nitrogens with one attached hydrogen (secondary N) is 3. The van der Waals surface area contributed by atoms with Crippen molar-refractivity contribution in [2.45, 2.75) is 66.0 Å². The molecule has 9 heteroatoms. The number of anilines is 1. The Kier molecular flexibility index (Phi) is 16.1. The number of ether oxygens (including phenoxy) is 1.